The van der Waals surface area contributed by atoms with E-state index in [4.69, 9.17) is 11.6 Å². The fourth-order valence-electron chi connectivity index (χ4n) is 4.21. The SMILES string of the molecule is CC(C)N1CC(C)(CO)c2cc(C(=O)Nc3ccc(OC(F)(F)Cl)cc3)cc(-c3ccn[nH]3)c21. The van der Waals surface area contributed by atoms with Crippen LogP contribution in [0.2, 0.25) is 0 Å². The maximum absolute atomic E-state index is 13.2. The number of benzene rings is 2. The van der Waals surface area contributed by atoms with Crippen LogP contribution in [0.4, 0.5) is 20.2 Å². The Morgan fingerprint density at radius 2 is 2.03 bits per heavy atom. The molecular formula is C24H25ClF2N4O3. The molecule has 34 heavy (non-hydrogen) atoms. The van der Waals surface area contributed by atoms with Crippen LogP contribution in [0.5, 0.6) is 5.75 Å². The zero-order valence-electron chi connectivity index (χ0n) is 18.9. The molecule has 2 aromatic carbocycles. The number of rotatable bonds is 7. The van der Waals surface area contributed by atoms with Crippen molar-refractivity contribution in [1.29, 1.82) is 0 Å². The summed E-state index contributed by atoms with van der Waals surface area (Å²) in [5.74, 6) is -0.521. The maximum Gasteiger partial charge on any atom is 0.487 e. The van der Waals surface area contributed by atoms with Crippen LogP contribution in [0.15, 0.2) is 48.7 Å². The number of alkyl halides is 3. The molecule has 3 aromatic rings. The van der Waals surface area contributed by atoms with Crippen molar-refractivity contribution in [3.8, 4) is 17.0 Å². The number of aliphatic hydroxyl groups excluding tert-OH is 1. The molecule has 10 heteroatoms. The number of hydrogen-bond donors (Lipinski definition) is 3. The monoisotopic (exact) mass is 490 g/mol. The lowest BCUT2D eigenvalue weighted by Crippen LogP contribution is -2.37. The van der Waals surface area contributed by atoms with Crippen LogP contribution in [0.1, 0.15) is 36.7 Å². The molecule has 0 radical (unpaired) electrons. The van der Waals surface area contributed by atoms with Crippen LogP contribution >= 0.6 is 11.6 Å². The molecule has 0 saturated heterocycles. The third-order valence-corrected chi connectivity index (χ3v) is 6.02. The van der Waals surface area contributed by atoms with Crippen molar-refractivity contribution in [2.45, 2.75) is 37.8 Å². The zero-order valence-corrected chi connectivity index (χ0v) is 19.7. The fourth-order valence-corrected chi connectivity index (χ4v) is 4.29. The van der Waals surface area contributed by atoms with Crippen LogP contribution in [0, 0.1) is 0 Å². The number of carbonyl (C=O) groups excluding carboxylic acids is 1. The second-order valence-corrected chi connectivity index (χ2v) is 9.30. The van der Waals surface area contributed by atoms with E-state index in [1.165, 1.54) is 24.3 Å². The summed E-state index contributed by atoms with van der Waals surface area (Å²) in [6.45, 7) is 6.66. The molecule has 0 fully saturated rings. The number of aromatic amines is 1. The van der Waals surface area contributed by atoms with Gasteiger partial charge in [0.1, 0.15) is 5.75 Å². The quantitative estimate of drug-likeness (QED) is 0.406. The minimum atomic E-state index is -3.82. The van der Waals surface area contributed by atoms with E-state index in [0.717, 1.165) is 22.5 Å². The van der Waals surface area contributed by atoms with Crippen molar-refractivity contribution < 1.29 is 23.4 Å². The zero-order chi connectivity index (χ0) is 24.7. The van der Waals surface area contributed by atoms with Gasteiger partial charge in [0.05, 0.1) is 18.0 Å². The molecule has 4 rings (SSSR count). The van der Waals surface area contributed by atoms with Crippen LogP contribution < -0.4 is 15.0 Å². The summed E-state index contributed by atoms with van der Waals surface area (Å²) in [5.41, 5.74) is -0.210. The van der Waals surface area contributed by atoms with E-state index in [0.29, 0.717) is 17.8 Å². The van der Waals surface area contributed by atoms with Crippen molar-refractivity contribution in [2.24, 2.45) is 0 Å². The molecule has 180 valence electrons. The molecule has 0 saturated carbocycles. The Kier molecular flexibility index (Phi) is 6.26. The summed E-state index contributed by atoms with van der Waals surface area (Å²) in [6.07, 6.45) is 1.64. The van der Waals surface area contributed by atoms with Gasteiger partial charge in [-0.05, 0) is 61.9 Å². The molecule has 0 spiro atoms. The van der Waals surface area contributed by atoms with Crippen molar-refractivity contribution >= 4 is 28.9 Å². The summed E-state index contributed by atoms with van der Waals surface area (Å²) in [5, 5.41) is 20.0. The normalized spacial score (nSPS) is 17.7. The van der Waals surface area contributed by atoms with E-state index in [1.807, 2.05) is 13.0 Å². The number of hydrogen-bond acceptors (Lipinski definition) is 5. The molecule has 1 atom stereocenters. The number of halogens is 3. The molecular weight excluding hydrogens is 466 g/mol. The van der Waals surface area contributed by atoms with E-state index in [9.17, 15) is 18.7 Å². The number of aliphatic hydroxyl groups is 1. The first-order chi connectivity index (χ1) is 16.0. The topological polar surface area (TPSA) is 90.5 Å². The average Bonchev–Trinajstić information content (AvgIpc) is 3.41. The van der Waals surface area contributed by atoms with Gasteiger partial charge in [0.2, 0.25) is 0 Å². The number of anilines is 2. The number of nitrogens with zero attached hydrogens (tertiary/aromatic N) is 2. The molecule has 0 aliphatic carbocycles. The Morgan fingerprint density at radius 3 is 2.59 bits per heavy atom. The van der Waals surface area contributed by atoms with Gasteiger partial charge in [-0.2, -0.15) is 5.10 Å². The van der Waals surface area contributed by atoms with Crippen LogP contribution in [-0.4, -0.2) is 46.0 Å². The van der Waals surface area contributed by atoms with Crippen molar-refractivity contribution in [3.05, 3.63) is 59.8 Å². The van der Waals surface area contributed by atoms with Gasteiger partial charge in [0.25, 0.3) is 5.91 Å². The molecule has 1 amide bonds. The minimum absolute atomic E-state index is 0.0800. The fraction of sp³-hybridized carbons (Fsp3) is 0.333. The molecule has 0 bridgehead atoms. The average molecular weight is 491 g/mol. The Hall–Kier alpha value is -3.17. The Labute approximate surface area is 200 Å². The van der Waals surface area contributed by atoms with E-state index < -0.39 is 11.0 Å². The third kappa shape index (κ3) is 4.71. The lowest BCUT2D eigenvalue weighted by atomic mass is 9.83. The number of nitrogens with one attached hydrogen (secondary N) is 2. The van der Waals surface area contributed by atoms with Gasteiger partial charge < -0.3 is 20.1 Å². The Morgan fingerprint density at radius 1 is 1.32 bits per heavy atom. The number of amides is 1. The molecule has 1 unspecified atom stereocenters. The predicted octanol–water partition coefficient (Wildman–Crippen LogP) is 4.98. The van der Waals surface area contributed by atoms with Gasteiger partial charge in [-0.25, -0.2) is 0 Å². The molecule has 1 aliphatic heterocycles. The second-order valence-electron chi connectivity index (χ2n) is 8.86. The van der Waals surface area contributed by atoms with Gasteiger partial charge in [-0.3, -0.25) is 9.89 Å². The second kappa shape index (κ2) is 8.88. The summed E-state index contributed by atoms with van der Waals surface area (Å²) in [4.78, 5) is 15.4. The smallest absolute Gasteiger partial charge is 0.420 e. The van der Waals surface area contributed by atoms with Gasteiger partial charge in [0.15, 0.2) is 0 Å². The Bertz CT molecular complexity index is 1180. The third-order valence-electron chi connectivity index (χ3n) is 5.94. The van der Waals surface area contributed by atoms with Crippen molar-refractivity contribution in [3.63, 3.8) is 0 Å². The first kappa shape index (κ1) is 24.0. The molecule has 2 heterocycles. The highest BCUT2D eigenvalue weighted by Crippen LogP contribution is 2.47. The number of carbonyl (C=O) groups is 1. The number of ether oxygens (including phenoxy) is 1. The van der Waals surface area contributed by atoms with E-state index in [-0.39, 0.29) is 24.3 Å². The van der Waals surface area contributed by atoms with Gasteiger partial charge in [0, 0.05) is 52.6 Å². The number of fused-ring (bicyclic) bond motifs is 1. The van der Waals surface area contributed by atoms with Crippen molar-refractivity contribution in [2.75, 3.05) is 23.4 Å². The Balaban J connectivity index is 1.71. The highest BCUT2D eigenvalue weighted by atomic mass is 35.5. The van der Waals surface area contributed by atoms with Crippen LogP contribution in [0.25, 0.3) is 11.3 Å². The highest BCUT2D eigenvalue weighted by Gasteiger charge is 2.42. The molecule has 7 nitrogen and oxygen atoms in total. The largest absolute Gasteiger partial charge is 0.487 e. The summed E-state index contributed by atoms with van der Waals surface area (Å²) >= 11 is 4.79. The van der Waals surface area contributed by atoms with Crippen molar-refractivity contribution in [1.82, 2.24) is 10.2 Å². The number of aromatic nitrogens is 2. The molecule has 1 aliphatic rings. The van der Waals surface area contributed by atoms with Gasteiger partial charge in [-0.1, -0.05) is 6.92 Å². The van der Waals surface area contributed by atoms with Gasteiger partial charge >= 0.3 is 5.57 Å². The number of H-pyrrole nitrogens is 1. The van der Waals surface area contributed by atoms with E-state index >= 15 is 0 Å². The van der Waals surface area contributed by atoms with E-state index in [2.05, 4.69) is 39.0 Å². The first-order valence-electron chi connectivity index (χ1n) is 10.7. The highest BCUT2D eigenvalue weighted by molar-refractivity contribution is 6.20. The van der Waals surface area contributed by atoms with Gasteiger partial charge in [-0.15, -0.1) is 8.78 Å². The summed E-state index contributed by atoms with van der Waals surface area (Å²) in [6, 6.07) is 11.0. The lowest BCUT2D eigenvalue weighted by Gasteiger charge is -2.28. The molecule has 3 N–H and O–H groups in total. The van der Waals surface area contributed by atoms with E-state index in [1.54, 1.807) is 18.3 Å². The maximum atomic E-state index is 13.2. The lowest BCUT2D eigenvalue weighted by molar-refractivity contribution is -0.0964. The standard InChI is InChI=1S/C24H25ClF2N4O3/c1-14(2)31-12-23(3,13-32)19-11-15(10-18(21(19)31)20-8-9-28-30-20)22(33)29-16-4-6-17(7-5-16)34-24(25,26)27/h4-11,14,32H,12-13H2,1-3H3,(H,28,30)(H,29,33). The first-order valence-corrected chi connectivity index (χ1v) is 11.1. The summed E-state index contributed by atoms with van der Waals surface area (Å²) < 4.78 is 29.9. The predicted molar refractivity (Wildman–Crippen MR) is 127 cm³/mol. The van der Waals surface area contributed by atoms with Crippen LogP contribution in [-0.2, 0) is 5.41 Å². The van der Waals surface area contributed by atoms with Crippen LogP contribution in [0.3, 0.4) is 0 Å². The molecule has 1 aromatic heterocycles. The summed E-state index contributed by atoms with van der Waals surface area (Å²) in [7, 11) is 0. The minimum Gasteiger partial charge on any atom is -0.420 e.